The molecule has 156 valence electrons. The van der Waals surface area contributed by atoms with E-state index in [4.69, 9.17) is 0 Å². The average Bonchev–Trinajstić information content (AvgIpc) is 3.49. The van der Waals surface area contributed by atoms with E-state index in [0.29, 0.717) is 25.0 Å². The third-order valence-electron chi connectivity index (χ3n) is 7.23. The largest absolute Gasteiger partial charge is 0.337 e. The van der Waals surface area contributed by atoms with E-state index in [1.165, 1.54) is 42.5 Å². The molecule has 0 atom stereocenters. The highest BCUT2D eigenvalue weighted by atomic mass is 32.1. The summed E-state index contributed by atoms with van der Waals surface area (Å²) in [4.78, 5) is 35.4. The number of carbonyl (C=O) groups excluding carboxylic acids is 1. The summed E-state index contributed by atoms with van der Waals surface area (Å²) in [6.45, 7) is 0.446. The van der Waals surface area contributed by atoms with E-state index in [-0.39, 0.29) is 11.5 Å². The van der Waals surface area contributed by atoms with Gasteiger partial charge in [0.05, 0.1) is 11.7 Å². The highest BCUT2D eigenvalue weighted by Gasteiger charge is 2.33. The second-order valence-electron chi connectivity index (χ2n) is 9.06. The molecule has 29 heavy (non-hydrogen) atoms. The monoisotopic (exact) mass is 413 g/mol. The molecule has 0 radical (unpaired) electrons. The van der Waals surface area contributed by atoms with Gasteiger partial charge in [-0.05, 0) is 56.9 Å². The molecule has 2 aromatic heterocycles. The number of fused-ring (bicyclic) bond motifs is 3. The van der Waals surface area contributed by atoms with Crippen molar-refractivity contribution < 1.29 is 4.79 Å². The zero-order valence-corrected chi connectivity index (χ0v) is 18.0. The summed E-state index contributed by atoms with van der Waals surface area (Å²) in [6.07, 6.45) is 16.1. The summed E-state index contributed by atoms with van der Waals surface area (Å²) in [5.74, 6) is 0.239. The molecular weight excluding hydrogens is 382 g/mol. The lowest BCUT2D eigenvalue weighted by molar-refractivity contribution is -0.136. The molecule has 1 amide bonds. The molecule has 5 nitrogen and oxygen atoms in total. The molecule has 2 aromatic rings. The first-order valence-electron chi connectivity index (χ1n) is 11.5. The van der Waals surface area contributed by atoms with Gasteiger partial charge in [0.15, 0.2) is 0 Å². The number of carbonyl (C=O) groups is 1. The minimum absolute atomic E-state index is 0.0514. The maximum atomic E-state index is 13.2. The predicted molar refractivity (Wildman–Crippen MR) is 116 cm³/mol. The van der Waals surface area contributed by atoms with Crippen LogP contribution in [0.4, 0.5) is 0 Å². The van der Waals surface area contributed by atoms with E-state index in [2.05, 4.69) is 9.88 Å². The van der Waals surface area contributed by atoms with E-state index in [0.717, 1.165) is 55.2 Å². The molecule has 0 aliphatic heterocycles. The molecule has 3 aliphatic rings. The highest BCUT2D eigenvalue weighted by molar-refractivity contribution is 7.18. The Morgan fingerprint density at radius 2 is 1.69 bits per heavy atom. The van der Waals surface area contributed by atoms with Crippen LogP contribution in [0.2, 0.25) is 0 Å². The Morgan fingerprint density at radius 3 is 2.38 bits per heavy atom. The zero-order chi connectivity index (χ0) is 19.8. The van der Waals surface area contributed by atoms with Gasteiger partial charge in [-0.15, -0.1) is 11.3 Å². The van der Waals surface area contributed by atoms with Gasteiger partial charge in [-0.2, -0.15) is 0 Å². The molecule has 3 aliphatic carbocycles. The fourth-order valence-corrected chi connectivity index (χ4v) is 6.98. The number of aromatic nitrogens is 2. The quantitative estimate of drug-likeness (QED) is 0.728. The summed E-state index contributed by atoms with van der Waals surface area (Å²) in [6, 6.07) is 0.846. The van der Waals surface area contributed by atoms with E-state index in [1.807, 2.05) is 0 Å². The molecular formula is C23H31N3O2S. The first-order chi connectivity index (χ1) is 14.2. The van der Waals surface area contributed by atoms with Crippen molar-refractivity contribution in [1.29, 1.82) is 0 Å². The fraction of sp³-hybridized carbons (Fsp3) is 0.696. The van der Waals surface area contributed by atoms with Crippen LogP contribution in [-0.4, -0.2) is 32.4 Å². The second kappa shape index (κ2) is 8.21. The minimum atomic E-state index is 0.0514. The van der Waals surface area contributed by atoms with Gasteiger partial charge in [-0.25, -0.2) is 4.98 Å². The van der Waals surface area contributed by atoms with Crippen LogP contribution in [0.15, 0.2) is 11.1 Å². The second-order valence-corrected chi connectivity index (χ2v) is 10.1. The number of nitrogens with zero attached hydrogens (tertiary/aromatic N) is 3. The number of aryl methyl sites for hydroxylation is 3. The van der Waals surface area contributed by atoms with Gasteiger partial charge in [-0.3, -0.25) is 14.2 Å². The SMILES string of the molecule is O=C(CCn1cnc2sc3c(c2c1=O)CCCC3)N(C1CCCC1)C1CCCC1. The molecule has 2 saturated carbocycles. The van der Waals surface area contributed by atoms with Crippen LogP contribution in [0.25, 0.3) is 10.2 Å². The summed E-state index contributed by atoms with van der Waals surface area (Å²) in [7, 11) is 0. The van der Waals surface area contributed by atoms with Crippen molar-refractivity contribution in [2.75, 3.05) is 0 Å². The highest BCUT2D eigenvalue weighted by Crippen LogP contribution is 2.34. The van der Waals surface area contributed by atoms with Crippen LogP contribution < -0.4 is 5.56 Å². The molecule has 6 heteroatoms. The Bertz CT molecular complexity index is 935. The number of rotatable bonds is 5. The van der Waals surface area contributed by atoms with Crippen LogP contribution in [0.5, 0.6) is 0 Å². The topological polar surface area (TPSA) is 55.2 Å². The van der Waals surface area contributed by atoms with Gasteiger partial charge in [0.25, 0.3) is 5.56 Å². The molecule has 5 rings (SSSR count). The Hall–Kier alpha value is -1.69. The molecule has 2 heterocycles. The summed E-state index contributed by atoms with van der Waals surface area (Å²) in [5, 5.41) is 0.822. The first-order valence-corrected chi connectivity index (χ1v) is 12.3. The van der Waals surface area contributed by atoms with Crippen molar-refractivity contribution in [3.8, 4) is 0 Å². The van der Waals surface area contributed by atoms with Crippen molar-refractivity contribution in [2.24, 2.45) is 0 Å². The van der Waals surface area contributed by atoms with Gasteiger partial charge in [0, 0.05) is 29.9 Å². The molecule has 0 aromatic carbocycles. The van der Waals surface area contributed by atoms with Crippen LogP contribution in [0.1, 0.15) is 81.1 Å². The molecule has 0 saturated heterocycles. The number of thiophene rings is 1. The molecule has 0 unspecified atom stereocenters. The van der Waals surface area contributed by atoms with Crippen molar-refractivity contribution in [3.05, 3.63) is 27.1 Å². The molecule has 0 spiro atoms. The van der Waals surface area contributed by atoms with E-state index >= 15 is 0 Å². The molecule has 2 fully saturated rings. The van der Waals surface area contributed by atoms with Crippen molar-refractivity contribution in [2.45, 2.75) is 102 Å². The smallest absolute Gasteiger partial charge is 0.262 e. The Kier molecular flexibility index (Phi) is 5.46. The van der Waals surface area contributed by atoms with Crippen molar-refractivity contribution >= 4 is 27.5 Å². The fourth-order valence-electron chi connectivity index (χ4n) is 5.76. The van der Waals surface area contributed by atoms with Crippen LogP contribution in [-0.2, 0) is 24.2 Å². The predicted octanol–water partition coefficient (Wildman–Crippen LogP) is 4.44. The van der Waals surface area contributed by atoms with Crippen molar-refractivity contribution in [1.82, 2.24) is 14.5 Å². The van der Waals surface area contributed by atoms with E-state index in [9.17, 15) is 9.59 Å². The molecule has 0 N–H and O–H groups in total. The number of hydrogen-bond donors (Lipinski definition) is 0. The standard InChI is InChI=1S/C23H31N3O2S/c27-20(26(16-7-1-2-8-16)17-9-3-4-10-17)13-14-25-15-24-22-21(23(25)28)18-11-5-6-12-19(18)29-22/h15-17H,1-14H2. The summed E-state index contributed by atoms with van der Waals surface area (Å²) < 4.78 is 1.68. The maximum Gasteiger partial charge on any atom is 0.262 e. The van der Waals surface area contributed by atoms with E-state index < -0.39 is 0 Å². The number of hydrogen-bond acceptors (Lipinski definition) is 4. The third-order valence-corrected chi connectivity index (χ3v) is 8.43. The van der Waals surface area contributed by atoms with Crippen LogP contribution in [0.3, 0.4) is 0 Å². The Morgan fingerprint density at radius 1 is 1.03 bits per heavy atom. The van der Waals surface area contributed by atoms with Crippen LogP contribution in [0, 0.1) is 0 Å². The van der Waals surface area contributed by atoms with E-state index in [1.54, 1.807) is 22.2 Å². The van der Waals surface area contributed by atoms with Gasteiger partial charge >= 0.3 is 0 Å². The lowest BCUT2D eigenvalue weighted by Gasteiger charge is -2.35. The number of amides is 1. The Labute approximate surface area is 176 Å². The first kappa shape index (κ1) is 19.3. The normalized spacial score (nSPS) is 20.4. The summed E-state index contributed by atoms with van der Waals surface area (Å²) >= 11 is 1.69. The van der Waals surface area contributed by atoms with Gasteiger partial charge in [-0.1, -0.05) is 25.7 Å². The summed E-state index contributed by atoms with van der Waals surface area (Å²) in [5.41, 5.74) is 1.28. The minimum Gasteiger partial charge on any atom is -0.337 e. The van der Waals surface area contributed by atoms with Crippen LogP contribution >= 0.6 is 11.3 Å². The molecule has 0 bridgehead atoms. The van der Waals surface area contributed by atoms with Crippen molar-refractivity contribution in [3.63, 3.8) is 0 Å². The lowest BCUT2D eigenvalue weighted by Crippen LogP contribution is -2.45. The maximum absolute atomic E-state index is 13.2. The Balaban J connectivity index is 1.35. The van der Waals surface area contributed by atoms with Gasteiger partial charge in [0.1, 0.15) is 4.83 Å². The van der Waals surface area contributed by atoms with Gasteiger partial charge in [0.2, 0.25) is 5.91 Å². The zero-order valence-electron chi connectivity index (χ0n) is 17.2. The average molecular weight is 414 g/mol. The van der Waals surface area contributed by atoms with Gasteiger partial charge < -0.3 is 4.90 Å². The third kappa shape index (κ3) is 3.65. The lowest BCUT2D eigenvalue weighted by atomic mass is 9.97.